The van der Waals surface area contributed by atoms with Crippen molar-refractivity contribution in [1.29, 1.82) is 0 Å². The lowest BCUT2D eigenvalue weighted by molar-refractivity contribution is 0.570. The van der Waals surface area contributed by atoms with Crippen LogP contribution < -0.4 is 4.72 Å². The normalized spacial score (nSPS) is 11.8. The van der Waals surface area contributed by atoms with Gasteiger partial charge in [-0.3, -0.25) is 9.71 Å². The molecule has 0 aliphatic carbocycles. The van der Waals surface area contributed by atoms with Crippen LogP contribution >= 0.6 is 0 Å². The molecule has 0 fully saturated rings. The lowest BCUT2D eigenvalue weighted by Gasteiger charge is -2.11. The number of nitrogens with zero attached hydrogens (tertiary/aromatic N) is 3. The van der Waals surface area contributed by atoms with Crippen LogP contribution in [0.2, 0.25) is 0 Å². The third-order valence-electron chi connectivity index (χ3n) is 3.86. The van der Waals surface area contributed by atoms with Gasteiger partial charge in [-0.05, 0) is 32.9 Å². The SMILES string of the molecule is CCn1c(S(=O)(=O)Nc2cccc3cccnc23)nc(C)c1C. The van der Waals surface area contributed by atoms with E-state index < -0.39 is 10.0 Å². The highest BCUT2D eigenvalue weighted by Gasteiger charge is 2.24. The van der Waals surface area contributed by atoms with Gasteiger partial charge < -0.3 is 4.57 Å². The van der Waals surface area contributed by atoms with Gasteiger partial charge in [-0.25, -0.2) is 4.98 Å². The molecule has 23 heavy (non-hydrogen) atoms. The number of sulfonamides is 1. The molecule has 1 aromatic carbocycles. The second-order valence-electron chi connectivity index (χ2n) is 5.30. The Morgan fingerprint density at radius 2 is 1.91 bits per heavy atom. The maximum absolute atomic E-state index is 12.8. The van der Waals surface area contributed by atoms with E-state index in [9.17, 15) is 8.42 Å². The van der Waals surface area contributed by atoms with E-state index in [0.717, 1.165) is 11.1 Å². The molecule has 0 atom stereocenters. The Balaban J connectivity index is 2.09. The first kappa shape index (κ1) is 15.5. The molecular weight excluding hydrogens is 312 g/mol. The minimum absolute atomic E-state index is 0.0305. The number of anilines is 1. The smallest absolute Gasteiger partial charge is 0.296 e. The highest BCUT2D eigenvalue weighted by molar-refractivity contribution is 7.92. The van der Waals surface area contributed by atoms with Crippen LogP contribution in [0.25, 0.3) is 10.9 Å². The van der Waals surface area contributed by atoms with Gasteiger partial charge in [0, 0.05) is 23.8 Å². The van der Waals surface area contributed by atoms with Crippen molar-refractivity contribution in [3.05, 3.63) is 47.9 Å². The number of para-hydroxylation sites is 1. The minimum Gasteiger partial charge on any atom is -0.318 e. The molecule has 6 nitrogen and oxygen atoms in total. The fraction of sp³-hybridized carbons (Fsp3) is 0.250. The van der Waals surface area contributed by atoms with Gasteiger partial charge in [0.05, 0.1) is 16.9 Å². The molecule has 1 N–H and O–H groups in total. The molecule has 0 spiro atoms. The Hall–Kier alpha value is -2.41. The fourth-order valence-electron chi connectivity index (χ4n) is 2.58. The van der Waals surface area contributed by atoms with Crippen molar-refractivity contribution in [2.24, 2.45) is 0 Å². The molecule has 3 aromatic rings. The summed E-state index contributed by atoms with van der Waals surface area (Å²) in [7, 11) is -3.79. The fourth-order valence-corrected chi connectivity index (χ4v) is 3.94. The first-order valence-corrected chi connectivity index (χ1v) is 8.82. The summed E-state index contributed by atoms with van der Waals surface area (Å²) in [6, 6.07) is 9.09. The predicted molar refractivity (Wildman–Crippen MR) is 89.9 cm³/mol. The van der Waals surface area contributed by atoms with E-state index in [1.807, 2.05) is 32.0 Å². The molecule has 0 unspecified atom stereocenters. The molecule has 2 aromatic heterocycles. The maximum Gasteiger partial charge on any atom is 0.296 e. The average molecular weight is 330 g/mol. The van der Waals surface area contributed by atoms with Crippen LogP contribution in [0.4, 0.5) is 5.69 Å². The molecule has 0 aliphatic heterocycles. The lowest BCUT2D eigenvalue weighted by atomic mass is 10.2. The van der Waals surface area contributed by atoms with Crippen LogP contribution in [0.1, 0.15) is 18.3 Å². The van der Waals surface area contributed by atoms with Gasteiger partial charge in [0.25, 0.3) is 10.0 Å². The number of rotatable bonds is 4. The van der Waals surface area contributed by atoms with Crippen LogP contribution in [0.3, 0.4) is 0 Å². The highest BCUT2D eigenvalue weighted by atomic mass is 32.2. The summed E-state index contributed by atoms with van der Waals surface area (Å²) in [6.45, 7) is 6.10. The molecule has 3 rings (SSSR count). The van der Waals surface area contributed by atoms with Crippen LogP contribution in [0, 0.1) is 13.8 Å². The standard InChI is InChI=1S/C16H18N4O2S/c1-4-20-12(3)11(2)18-16(20)23(21,22)19-14-9-5-7-13-8-6-10-17-15(13)14/h5-10,19H,4H2,1-3H3. The van der Waals surface area contributed by atoms with E-state index in [0.29, 0.717) is 23.4 Å². The number of imidazole rings is 1. The number of hydrogen-bond donors (Lipinski definition) is 1. The van der Waals surface area contributed by atoms with Crippen LogP contribution in [0.15, 0.2) is 41.7 Å². The number of fused-ring (bicyclic) bond motifs is 1. The second kappa shape index (κ2) is 5.66. The summed E-state index contributed by atoms with van der Waals surface area (Å²) < 4.78 is 29.8. The van der Waals surface area contributed by atoms with E-state index in [1.165, 1.54) is 0 Å². The molecule has 7 heteroatoms. The van der Waals surface area contributed by atoms with Gasteiger partial charge in [0.2, 0.25) is 5.16 Å². The van der Waals surface area contributed by atoms with Gasteiger partial charge in [-0.2, -0.15) is 8.42 Å². The van der Waals surface area contributed by atoms with Crippen molar-refractivity contribution in [2.75, 3.05) is 4.72 Å². The summed E-state index contributed by atoms with van der Waals surface area (Å²) in [5, 5.41) is 0.904. The van der Waals surface area contributed by atoms with E-state index in [4.69, 9.17) is 0 Å². The van der Waals surface area contributed by atoms with Crippen LogP contribution in [-0.4, -0.2) is 23.0 Å². The number of aromatic nitrogens is 3. The molecule has 0 saturated carbocycles. The first-order valence-electron chi connectivity index (χ1n) is 7.34. The van der Waals surface area contributed by atoms with Gasteiger partial charge in [-0.15, -0.1) is 0 Å². The molecule has 0 radical (unpaired) electrons. The highest BCUT2D eigenvalue weighted by Crippen LogP contribution is 2.24. The zero-order valence-electron chi connectivity index (χ0n) is 13.2. The van der Waals surface area contributed by atoms with Crippen LogP contribution in [0.5, 0.6) is 0 Å². The van der Waals surface area contributed by atoms with Gasteiger partial charge in [0.1, 0.15) is 0 Å². The second-order valence-corrected chi connectivity index (χ2v) is 6.87. The Morgan fingerprint density at radius 3 is 2.65 bits per heavy atom. The Morgan fingerprint density at radius 1 is 1.17 bits per heavy atom. The van der Waals surface area contributed by atoms with Crippen molar-refractivity contribution in [3.8, 4) is 0 Å². The lowest BCUT2D eigenvalue weighted by Crippen LogP contribution is -2.19. The molecule has 2 heterocycles. The number of aryl methyl sites for hydroxylation is 1. The van der Waals surface area contributed by atoms with Gasteiger partial charge in [0.15, 0.2) is 0 Å². The predicted octanol–water partition coefficient (Wildman–Crippen LogP) is 2.87. The van der Waals surface area contributed by atoms with E-state index >= 15 is 0 Å². The van der Waals surface area contributed by atoms with Gasteiger partial charge >= 0.3 is 0 Å². The summed E-state index contributed by atoms with van der Waals surface area (Å²) in [6.07, 6.45) is 1.64. The zero-order valence-corrected chi connectivity index (χ0v) is 14.1. The minimum atomic E-state index is -3.79. The molecular formula is C16H18N4O2S. The Bertz CT molecular complexity index is 972. The van der Waals surface area contributed by atoms with Crippen LogP contribution in [-0.2, 0) is 16.6 Å². The van der Waals surface area contributed by atoms with Crippen molar-refractivity contribution >= 4 is 26.6 Å². The van der Waals surface area contributed by atoms with Crippen molar-refractivity contribution in [3.63, 3.8) is 0 Å². The third-order valence-corrected chi connectivity index (χ3v) is 5.14. The molecule has 0 aliphatic rings. The number of benzene rings is 1. The molecule has 120 valence electrons. The first-order chi connectivity index (χ1) is 10.9. The number of hydrogen-bond acceptors (Lipinski definition) is 4. The van der Waals surface area contributed by atoms with E-state index in [-0.39, 0.29) is 5.16 Å². The topological polar surface area (TPSA) is 76.9 Å². The summed E-state index contributed by atoms with van der Waals surface area (Å²) in [4.78, 5) is 8.49. The molecule has 0 amide bonds. The number of pyridine rings is 1. The average Bonchev–Trinajstić information content (AvgIpc) is 2.83. The van der Waals surface area contributed by atoms with Crippen molar-refractivity contribution in [2.45, 2.75) is 32.5 Å². The Labute approximate surface area is 135 Å². The molecule has 0 bridgehead atoms. The summed E-state index contributed by atoms with van der Waals surface area (Å²) in [5.41, 5.74) is 2.62. The zero-order chi connectivity index (χ0) is 16.6. The van der Waals surface area contributed by atoms with E-state index in [2.05, 4.69) is 14.7 Å². The third kappa shape index (κ3) is 2.68. The Kier molecular flexibility index (Phi) is 3.81. The van der Waals surface area contributed by atoms with Gasteiger partial charge in [-0.1, -0.05) is 18.2 Å². The summed E-state index contributed by atoms with van der Waals surface area (Å²) >= 11 is 0. The summed E-state index contributed by atoms with van der Waals surface area (Å²) in [5.74, 6) is 0. The molecule has 0 saturated heterocycles. The largest absolute Gasteiger partial charge is 0.318 e. The van der Waals surface area contributed by atoms with Crippen molar-refractivity contribution in [1.82, 2.24) is 14.5 Å². The maximum atomic E-state index is 12.8. The quantitative estimate of drug-likeness (QED) is 0.798. The monoisotopic (exact) mass is 330 g/mol. The van der Waals surface area contributed by atoms with Crippen molar-refractivity contribution < 1.29 is 8.42 Å². The van der Waals surface area contributed by atoms with E-state index in [1.54, 1.807) is 29.8 Å². The number of nitrogens with one attached hydrogen (secondary N) is 1.